The number of benzene rings is 1. The molecule has 0 fully saturated rings. The highest BCUT2D eigenvalue weighted by Gasteiger charge is 2.06. The Morgan fingerprint density at radius 3 is 2.44 bits per heavy atom. The highest BCUT2D eigenvalue weighted by atomic mass is 32.2. The van der Waals surface area contributed by atoms with E-state index < -0.39 is 10.1 Å². The van der Waals surface area contributed by atoms with Crippen molar-refractivity contribution in [1.29, 1.82) is 0 Å². The Morgan fingerprint density at radius 2 is 1.88 bits per heavy atom. The fourth-order valence-electron chi connectivity index (χ4n) is 1.55. The Labute approximate surface area is 97.6 Å². The molecule has 16 heavy (non-hydrogen) atoms. The molecule has 4 heteroatoms. The van der Waals surface area contributed by atoms with Crippen molar-refractivity contribution in [2.24, 2.45) is 0 Å². The van der Waals surface area contributed by atoms with E-state index in [0.717, 1.165) is 19.1 Å². The first-order valence-electron chi connectivity index (χ1n) is 5.38. The van der Waals surface area contributed by atoms with Crippen LogP contribution in [0.3, 0.4) is 0 Å². The van der Waals surface area contributed by atoms with E-state index >= 15 is 0 Å². The van der Waals surface area contributed by atoms with Crippen LogP contribution in [0.15, 0.2) is 30.3 Å². The van der Waals surface area contributed by atoms with Crippen molar-refractivity contribution in [2.45, 2.75) is 25.7 Å². The van der Waals surface area contributed by atoms with Gasteiger partial charge < -0.3 is 0 Å². The molecule has 1 unspecified atom stereocenters. The van der Waals surface area contributed by atoms with Gasteiger partial charge in [0.05, 0.1) is 12.9 Å². The lowest BCUT2D eigenvalue weighted by Crippen LogP contribution is -2.05. The molecular weight excluding hydrogens is 224 g/mol. The number of hydrogen-bond acceptors (Lipinski definition) is 3. The highest BCUT2D eigenvalue weighted by Crippen LogP contribution is 2.19. The summed E-state index contributed by atoms with van der Waals surface area (Å²) in [5.41, 5.74) is 1.28. The summed E-state index contributed by atoms with van der Waals surface area (Å²) in [6.07, 6.45) is 2.76. The average molecular weight is 242 g/mol. The minimum atomic E-state index is -3.29. The van der Waals surface area contributed by atoms with Crippen LogP contribution in [0.4, 0.5) is 0 Å². The van der Waals surface area contributed by atoms with Gasteiger partial charge in [0, 0.05) is 0 Å². The molecule has 0 amide bonds. The first kappa shape index (κ1) is 13.2. The van der Waals surface area contributed by atoms with Crippen molar-refractivity contribution in [2.75, 3.05) is 12.9 Å². The first-order chi connectivity index (χ1) is 7.49. The quantitative estimate of drug-likeness (QED) is 0.569. The average Bonchev–Trinajstić information content (AvgIpc) is 2.24. The summed E-state index contributed by atoms with van der Waals surface area (Å²) in [5, 5.41) is 0. The summed E-state index contributed by atoms with van der Waals surface area (Å²) in [7, 11) is -3.29. The maximum Gasteiger partial charge on any atom is 0.264 e. The van der Waals surface area contributed by atoms with Gasteiger partial charge in [-0.3, -0.25) is 4.18 Å². The molecule has 0 radical (unpaired) electrons. The van der Waals surface area contributed by atoms with Crippen molar-refractivity contribution in [3.8, 4) is 0 Å². The summed E-state index contributed by atoms with van der Waals surface area (Å²) in [4.78, 5) is 0. The van der Waals surface area contributed by atoms with Gasteiger partial charge in [-0.1, -0.05) is 37.3 Å². The second-order valence-electron chi connectivity index (χ2n) is 3.98. The van der Waals surface area contributed by atoms with E-state index in [9.17, 15) is 8.42 Å². The van der Waals surface area contributed by atoms with Gasteiger partial charge in [0.25, 0.3) is 10.1 Å². The zero-order valence-corrected chi connectivity index (χ0v) is 10.5. The summed E-state index contributed by atoms with van der Waals surface area (Å²) in [5.74, 6) is 0.435. The second kappa shape index (κ2) is 6.01. The van der Waals surface area contributed by atoms with Gasteiger partial charge in [0.1, 0.15) is 0 Å². The Kier molecular flexibility index (Phi) is 4.96. The highest BCUT2D eigenvalue weighted by molar-refractivity contribution is 7.85. The standard InChI is InChI=1S/C12H18O3S/c1-11(12-8-4-3-5-9-12)7-6-10-15-16(2,13)14/h3-5,8-9,11H,6-7,10H2,1-2H3. The van der Waals surface area contributed by atoms with Crippen LogP contribution in [0.1, 0.15) is 31.2 Å². The smallest absolute Gasteiger partial charge is 0.264 e. The topological polar surface area (TPSA) is 43.4 Å². The molecule has 1 aromatic rings. The van der Waals surface area contributed by atoms with Crippen LogP contribution in [-0.4, -0.2) is 21.3 Å². The van der Waals surface area contributed by atoms with E-state index in [1.54, 1.807) is 0 Å². The molecule has 1 rings (SSSR count). The predicted molar refractivity (Wildman–Crippen MR) is 64.9 cm³/mol. The first-order valence-corrected chi connectivity index (χ1v) is 7.20. The van der Waals surface area contributed by atoms with E-state index in [4.69, 9.17) is 0 Å². The fourth-order valence-corrected chi connectivity index (χ4v) is 1.97. The largest absolute Gasteiger partial charge is 0.270 e. The normalized spacial score (nSPS) is 13.6. The van der Waals surface area contributed by atoms with Gasteiger partial charge in [0.15, 0.2) is 0 Å². The maximum absolute atomic E-state index is 10.7. The van der Waals surface area contributed by atoms with E-state index in [1.165, 1.54) is 5.56 Å². The molecule has 0 saturated carbocycles. The molecule has 0 N–H and O–H groups in total. The van der Waals surface area contributed by atoms with Gasteiger partial charge in [-0.2, -0.15) is 8.42 Å². The third-order valence-corrected chi connectivity index (χ3v) is 3.04. The van der Waals surface area contributed by atoms with Crippen LogP contribution in [0.2, 0.25) is 0 Å². The molecule has 0 aliphatic heterocycles. The van der Waals surface area contributed by atoms with Gasteiger partial charge >= 0.3 is 0 Å². The zero-order valence-electron chi connectivity index (χ0n) is 9.72. The molecule has 1 aromatic carbocycles. The van der Waals surface area contributed by atoms with Gasteiger partial charge in [-0.15, -0.1) is 0 Å². The molecule has 0 heterocycles. The van der Waals surface area contributed by atoms with Crippen LogP contribution in [0, 0.1) is 0 Å². The Balaban J connectivity index is 2.29. The molecule has 0 aliphatic rings. The van der Waals surface area contributed by atoms with Crippen molar-refractivity contribution in [3.05, 3.63) is 35.9 Å². The minimum Gasteiger partial charge on any atom is -0.270 e. The van der Waals surface area contributed by atoms with Crippen LogP contribution in [-0.2, 0) is 14.3 Å². The minimum absolute atomic E-state index is 0.274. The third kappa shape index (κ3) is 5.28. The molecule has 0 spiro atoms. The molecule has 3 nitrogen and oxygen atoms in total. The summed E-state index contributed by atoms with van der Waals surface area (Å²) < 4.78 is 26.1. The molecule has 0 aliphatic carbocycles. The Hall–Kier alpha value is -0.870. The lowest BCUT2D eigenvalue weighted by Gasteiger charge is -2.11. The van der Waals surface area contributed by atoms with Crippen molar-refractivity contribution in [1.82, 2.24) is 0 Å². The zero-order chi connectivity index (χ0) is 12.0. The van der Waals surface area contributed by atoms with Gasteiger partial charge in [-0.25, -0.2) is 0 Å². The van der Waals surface area contributed by atoms with E-state index in [2.05, 4.69) is 23.2 Å². The molecule has 90 valence electrons. The predicted octanol–water partition coefficient (Wildman–Crippen LogP) is 2.55. The van der Waals surface area contributed by atoms with Crippen molar-refractivity contribution < 1.29 is 12.6 Å². The molecule has 0 saturated heterocycles. The van der Waals surface area contributed by atoms with Gasteiger partial charge in [-0.05, 0) is 24.3 Å². The summed E-state index contributed by atoms with van der Waals surface area (Å²) in [6, 6.07) is 10.2. The summed E-state index contributed by atoms with van der Waals surface area (Å²) >= 11 is 0. The Bertz CT molecular complexity index is 398. The molecule has 1 atom stereocenters. The van der Waals surface area contributed by atoms with E-state index in [-0.39, 0.29) is 6.61 Å². The summed E-state index contributed by atoms with van der Waals surface area (Å²) in [6.45, 7) is 2.41. The van der Waals surface area contributed by atoms with Crippen LogP contribution in [0.5, 0.6) is 0 Å². The van der Waals surface area contributed by atoms with Crippen LogP contribution >= 0.6 is 0 Å². The monoisotopic (exact) mass is 242 g/mol. The number of hydrogen-bond donors (Lipinski definition) is 0. The third-order valence-electron chi connectivity index (χ3n) is 2.45. The van der Waals surface area contributed by atoms with Gasteiger partial charge in [0.2, 0.25) is 0 Å². The molecule has 0 aromatic heterocycles. The van der Waals surface area contributed by atoms with Crippen molar-refractivity contribution in [3.63, 3.8) is 0 Å². The lowest BCUT2D eigenvalue weighted by molar-refractivity contribution is 0.308. The number of rotatable bonds is 6. The lowest BCUT2D eigenvalue weighted by atomic mass is 9.97. The Morgan fingerprint density at radius 1 is 1.25 bits per heavy atom. The van der Waals surface area contributed by atoms with Crippen LogP contribution < -0.4 is 0 Å². The van der Waals surface area contributed by atoms with E-state index in [0.29, 0.717) is 5.92 Å². The fraction of sp³-hybridized carbons (Fsp3) is 0.500. The maximum atomic E-state index is 10.7. The SMILES string of the molecule is CC(CCCOS(C)(=O)=O)c1ccccc1. The molecular formula is C12H18O3S. The van der Waals surface area contributed by atoms with Crippen molar-refractivity contribution >= 4 is 10.1 Å². The second-order valence-corrected chi connectivity index (χ2v) is 5.62. The van der Waals surface area contributed by atoms with Crippen LogP contribution in [0.25, 0.3) is 0 Å². The molecule has 0 bridgehead atoms. The van der Waals surface area contributed by atoms with E-state index in [1.807, 2.05) is 18.2 Å².